The van der Waals surface area contributed by atoms with Gasteiger partial charge in [0.1, 0.15) is 5.60 Å². The van der Waals surface area contributed by atoms with Crippen molar-refractivity contribution in [2.24, 2.45) is 5.92 Å². The first kappa shape index (κ1) is 20.6. The fraction of sp³-hybridized carbons (Fsp3) is 0.737. The van der Waals surface area contributed by atoms with Crippen LogP contribution in [0.1, 0.15) is 40.0 Å². The summed E-state index contributed by atoms with van der Waals surface area (Å²) in [5.41, 5.74) is -0.428. The molecular formula is C19H30IN5O2. The number of rotatable bonds is 3. The Morgan fingerprint density at radius 1 is 1.19 bits per heavy atom. The lowest BCUT2D eigenvalue weighted by Crippen LogP contribution is -2.49. The van der Waals surface area contributed by atoms with Gasteiger partial charge in [0.05, 0.1) is 6.67 Å². The van der Waals surface area contributed by atoms with E-state index >= 15 is 0 Å². The number of halogens is 1. The average molecular weight is 487 g/mol. The van der Waals surface area contributed by atoms with E-state index in [-0.39, 0.29) is 6.09 Å². The first-order valence-electron chi connectivity index (χ1n) is 9.73. The van der Waals surface area contributed by atoms with Gasteiger partial charge < -0.3 is 14.5 Å². The Labute approximate surface area is 175 Å². The Morgan fingerprint density at radius 3 is 2.48 bits per heavy atom. The third-order valence-electron chi connectivity index (χ3n) is 4.95. The van der Waals surface area contributed by atoms with Crippen molar-refractivity contribution < 1.29 is 9.53 Å². The molecule has 0 bridgehead atoms. The van der Waals surface area contributed by atoms with Gasteiger partial charge in [0, 0.05) is 48.7 Å². The number of anilines is 1. The molecular weight excluding hydrogens is 457 g/mol. The third kappa shape index (κ3) is 6.17. The second kappa shape index (κ2) is 8.89. The van der Waals surface area contributed by atoms with Crippen LogP contribution >= 0.6 is 22.6 Å². The normalized spacial score (nSPS) is 20.0. The van der Waals surface area contributed by atoms with Gasteiger partial charge in [0.25, 0.3) is 0 Å². The Morgan fingerprint density at radius 2 is 1.85 bits per heavy atom. The smallest absolute Gasteiger partial charge is 0.410 e. The number of ether oxygens (including phenoxy) is 1. The summed E-state index contributed by atoms with van der Waals surface area (Å²) < 4.78 is 6.55. The van der Waals surface area contributed by atoms with Gasteiger partial charge in [0.2, 0.25) is 5.95 Å². The summed E-state index contributed by atoms with van der Waals surface area (Å²) in [6.07, 6.45) is 6.76. The number of aromatic nitrogens is 2. The maximum atomic E-state index is 12.2. The lowest BCUT2D eigenvalue weighted by atomic mass is 9.96. The Bertz CT molecular complexity index is 626. The van der Waals surface area contributed by atoms with Crippen LogP contribution in [0.5, 0.6) is 0 Å². The Balaban J connectivity index is 1.46. The van der Waals surface area contributed by atoms with Gasteiger partial charge >= 0.3 is 6.09 Å². The summed E-state index contributed by atoms with van der Waals surface area (Å²) in [6, 6.07) is 0. The van der Waals surface area contributed by atoms with E-state index in [4.69, 9.17) is 4.74 Å². The van der Waals surface area contributed by atoms with E-state index in [1.807, 2.05) is 38.1 Å². The van der Waals surface area contributed by atoms with Crippen molar-refractivity contribution in [1.29, 1.82) is 0 Å². The van der Waals surface area contributed by atoms with E-state index in [1.165, 1.54) is 0 Å². The highest BCUT2D eigenvalue weighted by Gasteiger charge is 2.29. The van der Waals surface area contributed by atoms with E-state index in [2.05, 4.69) is 42.4 Å². The molecule has 2 aliphatic rings. The van der Waals surface area contributed by atoms with Crippen molar-refractivity contribution in [2.75, 3.05) is 44.3 Å². The number of likely N-dealkylation sites (tertiary alicyclic amines) is 1. The fourth-order valence-corrected chi connectivity index (χ4v) is 3.92. The van der Waals surface area contributed by atoms with Gasteiger partial charge in [-0.1, -0.05) is 0 Å². The number of piperidine rings is 1. The van der Waals surface area contributed by atoms with Gasteiger partial charge in [-0.2, -0.15) is 0 Å². The summed E-state index contributed by atoms with van der Waals surface area (Å²) in [4.78, 5) is 27.7. The van der Waals surface area contributed by atoms with Crippen molar-refractivity contribution in [3.05, 3.63) is 16.0 Å². The molecule has 0 atom stereocenters. The highest BCUT2D eigenvalue weighted by atomic mass is 127. The van der Waals surface area contributed by atoms with Crippen LogP contribution in [-0.4, -0.2) is 70.9 Å². The molecule has 7 nitrogen and oxygen atoms in total. The third-order valence-corrected chi connectivity index (χ3v) is 5.50. The number of nitrogens with zero attached hydrogens (tertiary/aromatic N) is 5. The molecule has 0 spiro atoms. The van der Waals surface area contributed by atoms with E-state index < -0.39 is 5.60 Å². The first-order valence-corrected chi connectivity index (χ1v) is 10.8. The van der Waals surface area contributed by atoms with Crippen molar-refractivity contribution in [1.82, 2.24) is 19.8 Å². The molecule has 3 heterocycles. The van der Waals surface area contributed by atoms with E-state index in [0.29, 0.717) is 5.92 Å². The first-order chi connectivity index (χ1) is 12.8. The zero-order chi connectivity index (χ0) is 19.4. The minimum Gasteiger partial charge on any atom is -0.444 e. The van der Waals surface area contributed by atoms with E-state index in [1.54, 1.807) is 0 Å². The number of amides is 1. The van der Waals surface area contributed by atoms with Gasteiger partial charge in [-0.15, -0.1) is 0 Å². The van der Waals surface area contributed by atoms with Crippen LogP contribution in [0.25, 0.3) is 0 Å². The quantitative estimate of drug-likeness (QED) is 0.611. The van der Waals surface area contributed by atoms with Crippen LogP contribution in [-0.2, 0) is 4.74 Å². The molecule has 1 aromatic heterocycles. The molecule has 27 heavy (non-hydrogen) atoms. The van der Waals surface area contributed by atoms with Crippen LogP contribution < -0.4 is 4.90 Å². The van der Waals surface area contributed by atoms with Crippen molar-refractivity contribution in [3.63, 3.8) is 0 Å². The monoisotopic (exact) mass is 487 g/mol. The Hall–Kier alpha value is -1.16. The summed E-state index contributed by atoms with van der Waals surface area (Å²) in [5.74, 6) is 1.45. The van der Waals surface area contributed by atoms with Crippen LogP contribution in [0, 0.1) is 9.49 Å². The maximum absolute atomic E-state index is 12.2. The molecule has 0 radical (unpaired) electrons. The summed E-state index contributed by atoms with van der Waals surface area (Å²) in [5, 5.41) is 0. The molecule has 2 fully saturated rings. The van der Waals surface area contributed by atoms with Crippen LogP contribution in [0.15, 0.2) is 12.4 Å². The molecule has 1 aromatic rings. The molecule has 0 aromatic carbocycles. The molecule has 1 amide bonds. The molecule has 0 unspecified atom stereocenters. The lowest BCUT2D eigenvalue weighted by molar-refractivity contribution is 0.0167. The molecule has 2 aliphatic heterocycles. The Kier molecular flexibility index (Phi) is 6.78. The van der Waals surface area contributed by atoms with Gasteiger partial charge in [0.15, 0.2) is 0 Å². The molecule has 150 valence electrons. The zero-order valence-corrected chi connectivity index (χ0v) is 18.7. The molecule has 0 saturated carbocycles. The summed E-state index contributed by atoms with van der Waals surface area (Å²) in [6.45, 7) is 11.4. The van der Waals surface area contributed by atoms with Crippen LogP contribution in [0.4, 0.5) is 10.7 Å². The topological polar surface area (TPSA) is 61.8 Å². The van der Waals surface area contributed by atoms with Gasteiger partial charge in [-0.3, -0.25) is 4.90 Å². The standard InChI is InChI=1S/C19H30IN5O2/c1-19(2,3)27-18(26)24-9-5-15(6-10-24)13-23-7-4-8-25(14-23)17-21-11-16(20)12-22-17/h11-12,15H,4-10,13-14H2,1-3H3. The van der Waals surface area contributed by atoms with E-state index in [9.17, 15) is 4.79 Å². The number of carbonyl (C=O) groups is 1. The largest absolute Gasteiger partial charge is 0.444 e. The van der Waals surface area contributed by atoms with Gasteiger partial charge in [-0.25, -0.2) is 14.8 Å². The highest BCUT2D eigenvalue weighted by molar-refractivity contribution is 14.1. The summed E-state index contributed by atoms with van der Waals surface area (Å²) >= 11 is 2.23. The molecule has 0 aliphatic carbocycles. The summed E-state index contributed by atoms with van der Waals surface area (Å²) in [7, 11) is 0. The molecule has 8 heteroatoms. The van der Waals surface area contributed by atoms with Crippen LogP contribution in [0.3, 0.4) is 0 Å². The second-order valence-electron chi connectivity index (χ2n) is 8.45. The maximum Gasteiger partial charge on any atom is 0.410 e. The van der Waals surface area contributed by atoms with Crippen molar-refractivity contribution in [2.45, 2.75) is 45.6 Å². The second-order valence-corrected chi connectivity index (χ2v) is 9.69. The number of hydrogen-bond donors (Lipinski definition) is 0. The lowest BCUT2D eigenvalue weighted by Gasteiger charge is -2.39. The number of carbonyl (C=O) groups excluding carboxylic acids is 1. The zero-order valence-electron chi connectivity index (χ0n) is 16.5. The number of hydrogen-bond acceptors (Lipinski definition) is 6. The van der Waals surface area contributed by atoms with E-state index in [0.717, 1.165) is 68.2 Å². The van der Waals surface area contributed by atoms with Crippen molar-refractivity contribution in [3.8, 4) is 0 Å². The van der Waals surface area contributed by atoms with Crippen LogP contribution in [0.2, 0.25) is 0 Å². The minimum absolute atomic E-state index is 0.180. The highest BCUT2D eigenvalue weighted by Crippen LogP contribution is 2.22. The molecule has 3 rings (SSSR count). The SMILES string of the molecule is CC(C)(C)OC(=O)N1CCC(CN2CCCN(c3ncc(I)cn3)C2)CC1. The predicted octanol–water partition coefficient (Wildman–Crippen LogP) is 3.20. The fourth-order valence-electron chi connectivity index (χ4n) is 3.64. The average Bonchev–Trinajstić information content (AvgIpc) is 2.62. The van der Waals surface area contributed by atoms with Crippen molar-refractivity contribution >= 4 is 34.6 Å². The minimum atomic E-state index is -0.428. The predicted molar refractivity (Wildman–Crippen MR) is 114 cm³/mol. The molecule has 2 saturated heterocycles. The van der Waals surface area contributed by atoms with Gasteiger partial charge in [-0.05, 0) is 68.5 Å². The molecule has 0 N–H and O–H groups in total.